The largest absolute Gasteiger partial charge is 0.462 e. The molecule has 2 heterocycles. The molecule has 9 heteroatoms. The molecule has 2 aromatic rings. The molecule has 0 saturated carbocycles. The number of aromatic nitrogens is 2. The Labute approximate surface area is 174 Å². The Balaban J connectivity index is 2.00. The number of carbonyl (C=O) groups excluding carboxylic acids is 1. The van der Waals surface area contributed by atoms with Crippen LogP contribution in [0.4, 0.5) is 0 Å². The van der Waals surface area contributed by atoms with Crippen molar-refractivity contribution in [3.05, 3.63) is 31.7 Å². The maximum atomic E-state index is 12.0. The van der Waals surface area contributed by atoms with Crippen LogP contribution in [0.2, 0.25) is 0 Å². The van der Waals surface area contributed by atoms with E-state index >= 15 is 0 Å². The molecular formula is C19H29N5O2S2. The molecule has 0 saturated heterocycles. The van der Waals surface area contributed by atoms with Gasteiger partial charge in [0.2, 0.25) is 0 Å². The van der Waals surface area contributed by atoms with Gasteiger partial charge in [0.1, 0.15) is 9.88 Å². The van der Waals surface area contributed by atoms with E-state index in [-0.39, 0.29) is 12.0 Å². The number of hydrogen-bond donors (Lipinski definition) is 2. The SMILES string of the molecule is CCNC(=NCCc1ncc(CC)s1)NC(C)c1nc(C)c(C(=O)OCC)s1. The van der Waals surface area contributed by atoms with E-state index in [9.17, 15) is 4.79 Å². The molecule has 0 aliphatic carbocycles. The van der Waals surface area contributed by atoms with Crippen molar-refractivity contribution in [1.29, 1.82) is 0 Å². The summed E-state index contributed by atoms with van der Waals surface area (Å²) in [5.74, 6) is 0.416. The van der Waals surface area contributed by atoms with Crippen molar-refractivity contribution in [2.75, 3.05) is 19.7 Å². The summed E-state index contributed by atoms with van der Waals surface area (Å²) < 4.78 is 5.10. The zero-order valence-electron chi connectivity index (χ0n) is 17.2. The van der Waals surface area contributed by atoms with Gasteiger partial charge >= 0.3 is 5.97 Å². The fraction of sp³-hybridized carbons (Fsp3) is 0.579. The van der Waals surface area contributed by atoms with Crippen molar-refractivity contribution >= 4 is 34.6 Å². The molecule has 0 aromatic carbocycles. The normalized spacial score (nSPS) is 12.7. The molecule has 0 bridgehead atoms. The van der Waals surface area contributed by atoms with E-state index in [0.717, 1.165) is 35.4 Å². The fourth-order valence-electron chi connectivity index (χ4n) is 2.47. The molecule has 2 N–H and O–H groups in total. The first kappa shape index (κ1) is 22.3. The highest BCUT2D eigenvalue weighted by Gasteiger charge is 2.20. The predicted octanol–water partition coefficient (Wildman–Crippen LogP) is 3.51. The first-order valence-electron chi connectivity index (χ1n) is 9.61. The second-order valence-electron chi connectivity index (χ2n) is 6.14. The van der Waals surface area contributed by atoms with Gasteiger partial charge < -0.3 is 15.4 Å². The van der Waals surface area contributed by atoms with Gasteiger partial charge in [-0.1, -0.05) is 6.92 Å². The van der Waals surface area contributed by atoms with Crippen molar-refractivity contribution in [3.63, 3.8) is 0 Å². The predicted molar refractivity (Wildman–Crippen MR) is 116 cm³/mol. The number of guanidine groups is 1. The van der Waals surface area contributed by atoms with Gasteiger partial charge in [-0.25, -0.2) is 14.8 Å². The molecule has 0 fully saturated rings. The Kier molecular flexibility index (Phi) is 8.85. The van der Waals surface area contributed by atoms with E-state index in [0.29, 0.717) is 23.7 Å². The standard InChI is InChI=1S/C19H29N5O2S2/c1-6-14-11-22-15(27-14)9-10-21-19(20-7-2)24-13(5)17-23-12(4)16(28-17)18(25)26-8-3/h11,13H,6-10H2,1-5H3,(H2,20,21,24). The van der Waals surface area contributed by atoms with Crippen molar-refractivity contribution in [3.8, 4) is 0 Å². The molecule has 154 valence electrons. The molecule has 0 amide bonds. The van der Waals surface area contributed by atoms with E-state index in [1.54, 1.807) is 18.3 Å². The van der Waals surface area contributed by atoms with Crippen molar-refractivity contribution in [2.24, 2.45) is 4.99 Å². The van der Waals surface area contributed by atoms with Crippen LogP contribution in [-0.4, -0.2) is 41.6 Å². The lowest BCUT2D eigenvalue weighted by Crippen LogP contribution is -2.38. The van der Waals surface area contributed by atoms with E-state index < -0.39 is 0 Å². The maximum absolute atomic E-state index is 12.0. The molecule has 28 heavy (non-hydrogen) atoms. The zero-order chi connectivity index (χ0) is 20.5. The summed E-state index contributed by atoms with van der Waals surface area (Å²) in [5, 5.41) is 8.57. The average Bonchev–Trinajstić information content (AvgIpc) is 3.28. The Bertz CT molecular complexity index is 800. The Morgan fingerprint density at radius 3 is 2.75 bits per heavy atom. The van der Waals surface area contributed by atoms with Crippen LogP contribution in [0.15, 0.2) is 11.2 Å². The lowest BCUT2D eigenvalue weighted by atomic mass is 10.3. The topological polar surface area (TPSA) is 88.5 Å². The fourth-order valence-corrected chi connectivity index (χ4v) is 4.28. The number of thiazole rings is 2. The monoisotopic (exact) mass is 423 g/mol. The molecule has 0 aliphatic rings. The molecule has 0 spiro atoms. The van der Waals surface area contributed by atoms with Gasteiger partial charge in [0.15, 0.2) is 5.96 Å². The average molecular weight is 424 g/mol. The van der Waals surface area contributed by atoms with Gasteiger partial charge in [-0.15, -0.1) is 22.7 Å². The second kappa shape index (κ2) is 11.1. The smallest absolute Gasteiger partial charge is 0.350 e. The number of aliphatic imine (C=N–C) groups is 1. The first-order chi connectivity index (χ1) is 13.5. The summed E-state index contributed by atoms with van der Waals surface area (Å²) in [5.41, 5.74) is 0.699. The molecule has 2 rings (SSSR count). The second-order valence-corrected chi connectivity index (χ2v) is 8.37. The lowest BCUT2D eigenvalue weighted by molar-refractivity contribution is 0.0531. The van der Waals surface area contributed by atoms with E-state index in [1.165, 1.54) is 16.2 Å². The molecule has 0 radical (unpaired) electrons. The molecule has 1 unspecified atom stereocenters. The minimum absolute atomic E-state index is 0.0729. The van der Waals surface area contributed by atoms with E-state index in [2.05, 4.69) is 32.5 Å². The summed E-state index contributed by atoms with van der Waals surface area (Å²) in [6.45, 7) is 11.6. The number of esters is 1. The minimum atomic E-state index is -0.313. The number of aryl methyl sites for hydroxylation is 2. The van der Waals surface area contributed by atoms with Crippen LogP contribution in [0.25, 0.3) is 0 Å². The van der Waals surface area contributed by atoms with Gasteiger partial charge in [-0.2, -0.15) is 0 Å². The van der Waals surface area contributed by atoms with Crippen molar-refractivity contribution < 1.29 is 9.53 Å². The van der Waals surface area contributed by atoms with Gasteiger partial charge in [0.25, 0.3) is 0 Å². The van der Waals surface area contributed by atoms with Crippen LogP contribution in [0.5, 0.6) is 0 Å². The van der Waals surface area contributed by atoms with Crippen LogP contribution >= 0.6 is 22.7 Å². The van der Waals surface area contributed by atoms with Crippen molar-refractivity contribution in [1.82, 2.24) is 20.6 Å². The molecular weight excluding hydrogens is 394 g/mol. The molecule has 0 aliphatic heterocycles. The third kappa shape index (κ3) is 6.27. The van der Waals surface area contributed by atoms with Crippen LogP contribution in [0.3, 0.4) is 0 Å². The van der Waals surface area contributed by atoms with Gasteiger partial charge in [0, 0.05) is 30.6 Å². The number of ether oxygens (including phenoxy) is 1. The molecule has 7 nitrogen and oxygen atoms in total. The Morgan fingerprint density at radius 2 is 2.11 bits per heavy atom. The zero-order valence-corrected chi connectivity index (χ0v) is 18.8. The quantitative estimate of drug-likeness (QED) is 0.365. The summed E-state index contributed by atoms with van der Waals surface area (Å²) in [7, 11) is 0. The number of carbonyl (C=O) groups is 1. The van der Waals surface area contributed by atoms with Gasteiger partial charge in [-0.3, -0.25) is 4.99 Å². The Hall–Kier alpha value is -2.00. The number of nitrogens with zero attached hydrogens (tertiary/aromatic N) is 3. The number of hydrogen-bond acceptors (Lipinski definition) is 7. The summed E-state index contributed by atoms with van der Waals surface area (Å²) >= 11 is 3.11. The van der Waals surface area contributed by atoms with Crippen LogP contribution in [-0.2, 0) is 17.6 Å². The Morgan fingerprint density at radius 1 is 1.32 bits per heavy atom. The molecule has 2 aromatic heterocycles. The highest BCUT2D eigenvalue weighted by molar-refractivity contribution is 7.13. The third-order valence-electron chi connectivity index (χ3n) is 3.89. The van der Waals surface area contributed by atoms with Crippen molar-refractivity contribution in [2.45, 2.75) is 53.5 Å². The summed E-state index contributed by atoms with van der Waals surface area (Å²) in [6.07, 6.45) is 3.78. The summed E-state index contributed by atoms with van der Waals surface area (Å²) in [4.78, 5) is 27.5. The summed E-state index contributed by atoms with van der Waals surface area (Å²) in [6, 6.07) is -0.0729. The van der Waals surface area contributed by atoms with Crippen LogP contribution < -0.4 is 10.6 Å². The van der Waals surface area contributed by atoms with Crippen LogP contribution in [0.1, 0.15) is 64.0 Å². The maximum Gasteiger partial charge on any atom is 0.350 e. The van der Waals surface area contributed by atoms with E-state index in [1.807, 2.05) is 27.0 Å². The first-order valence-corrected chi connectivity index (χ1v) is 11.2. The van der Waals surface area contributed by atoms with Gasteiger partial charge in [-0.05, 0) is 34.1 Å². The van der Waals surface area contributed by atoms with Crippen LogP contribution in [0, 0.1) is 6.92 Å². The molecule has 1 atom stereocenters. The number of nitrogens with one attached hydrogen (secondary N) is 2. The van der Waals surface area contributed by atoms with E-state index in [4.69, 9.17) is 4.74 Å². The van der Waals surface area contributed by atoms with Gasteiger partial charge in [0.05, 0.1) is 23.4 Å². The highest BCUT2D eigenvalue weighted by Crippen LogP contribution is 2.24. The highest BCUT2D eigenvalue weighted by atomic mass is 32.1. The minimum Gasteiger partial charge on any atom is -0.462 e. The third-order valence-corrected chi connectivity index (χ3v) is 6.41. The number of rotatable bonds is 9. The lowest BCUT2D eigenvalue weighted by Gasteiger charge is -2.15.